The van der Waals surface area contributed by atoms with Crippen molar-refractivity contribution in [2.75, 3.05) is 31.6 Å². The average Bonchev–Trinajstić information content (AvgIpc) is 3.17. The molecule has 0 aliphatic carbocycles. The van der Waals surface area contributed by atoms with E-state index in [1.165, 1.54) is 24.4 Å². The third kappa shape index (κ3) is 6.69. The monoisotopic (exact) mass is 443 g/mol. The molecular weight excluding hydrogens is 421 g/mol. The first-order valence-corrected chi connectivity index (χ1v) is 9.55. The Balaban J connectivity index is 1.51. The zero-order valence-electron chi connectivity index (χ0n) is 16.7. The van der Waals surface area contributed by atoms with Crippen LogP contribution in [0.15, 0.2) is 41.5 Å². The number of benzene rings is 1. The Labute approximate surface area is 176 Å². The summed E-state index contributed by atoms with van der Waals surface area (Å²) in [5, 5.41) is 6.31. The summed E-state index contributed by atoms with van der Waals surface area (Å²) >= 11 is 0. The number of alkyl halides is 3. The predicted molar refractivity (Wildman–Crippen MR) is 106 cm³/mol. The van der Waals surface area contributed by atoms with Gasteiger partial charge in [-0.3, -0.25) is 4.99 Å². The van der Waals surface area contributed by atoms with E-state index in [0.717, 1.165) is 12.5 Å². The van der Waals surface area contributed by atoms with Gasteiger partial charge < -0.3 is 20.3 Å². The van der Waals surface area contributed by atoms with Crippen molar-refractivity contribution >= 4 is 11.6 Å². The van der Waals surface area contributed by atoms with Gasteiger partial charge in [-0.1, -0.05) is 0 Å². The van der Waals surface area contributed by atoms with E-state index in [1.54, 1.807) is 13.1 Å². The highest BCUT2D eigenvalue weighted by Gasteiger charge is 2.28. The van der Waals surface area contributed by atoms with Crippen LogP contribution in [0.5, 0.6) is 5.88 Å². The molecule has 2 heterocycles. The van der Waals surface area contributed by atoms with Gasteiger partial charge in [-0.05, 0) is 30.2 Å². The van der Waals surface area contributed by atoms with Crippen molar-refractivity contribution in [3.63, 3.8) is 0 Å². The van der Waals surface area contributed by atoms with Gasteiger partial charge in [0.1, 0.15) is 11.6 Å². The van der Waals surface area contributed by atoms with Gasteiger partial charge in [0.2, 0.25) is 5.88 Å². The maximum atomic E-state index is 14.0. The third-order valence-electron chi connectivity index (χ3n) is 4.65. The van der Waals surface area contributed by atoms with E-state index < -0.39 is 24.4 Å². The fraction of sp³-hybridized carbons (Fsp3) is 0.400. The van der Waals surface area contributed by atoms with Crippen LogP contribution in [0.25, 0.3) is 0 Å². The SMILES string of the molecule is CN=C(NCc1ccnc(OCC(F)(F)F)c1)NC1CCN(c2ccc(F)cc2F)C1. The largest absolute Gasteiger partial charge is 0.468 e. The van der Waals surface area contributed by atoms with Gasteiger partial charge in [0.15, 0.2) is 12.6 Å². The fourth-order valence-electron chi connectivity index (χ4n) is 3.20. The van der Waals surface area contributed by atoms with Crippen molar-refractivity contribution in [2.24, 2.45) is 4.99 Å². The van der Waals surface area contributed by atoms with Gasteiger partial charge in [-0.2, -0.15) is 13.2 Å². The minimum absolute atomic E-state index is 0.0150. The maximum absolute atomic E-state index is 14.0. The van der Waals surface area contributed by atoms with E-state index in [2.05, 4.69) is 25.3 Å². The van der Waals surface area contributed by atoms with Crippen molar-refractivity contribution in [2.45, 2.75) is 25.2 Å². The Morgan fingerprint density at radius 2 is 2.06 bits per heavy atom. The molecule has 1 aromatic heterocycles. The summed E-state index contributed by atoms with van der Waals surface area (Å²) in [7, 11) is 1.59. The van der Waals surface area contributed by atoms with Crippen LogP contribution in [-0.2, 0) is 6.54 Å². The lowest BCUT2D eigenvalue weighted by molar-refractivity contribution is -0.154. The van der Waals surface area contributed by atoms with Crippen LogP contribution in [0.3, 0.4) is 0 Å². The van der Waals surface area contributed by atoms with Gasteiger partial charge >= 0.3 is 6.18 Å². The summed E-state index contributed by atoms with van der Waals surface area (Å²) in [5.74, 6) is -0.861. The first-order chi connectivity index (χ1) is 14.7. The van der Waals surface area contributed by atoms with Crippen LogP contribution in [0.4, 0.5) is 27.6 Å². The number of aromatic nitrogens is 1. The van der Waals surface area contributed by atoms with Crippen molar-refractivity contribution in [1.82, 2.24) is 15.6 Å². The quantitative estimate of drug-likeness (QED) is 0.408. The highest BCUT2D eigenvalue weighted by atomic mass is 19.4. The second-order valence-corrected chi connectivity index (χ2v) is 7.00. The molecule has 0 amide bonds. The maximum Gasteiger partial charge on any atom is 0.422 e. The number of anilines is 1. The van der Waals surface area contributed by atoms with E-state index in [4.69, 9.17) is 0 Å². The van der Waals surface area contributed by atoms with Crippen LogP contribution in [0.1, 0.15) is 12.0 Å². The molecule has 168 valence electrons. The van der Waals surface area contributed by atoms with Crippen molar-refractivity contribution in [3.05, 3.63) is 53.7 Å². The molecule has 31 heavy (non-hydrogen) atoms. The highest BCUT2D eigenvalue weighted by Crippen LogP contribution is 2.24. The second-order valence-electron chi connectivity index (χ2n) is 7.00. The van der Waals surface area contributed by atoms with Gasteiger partial charge in [0, 0.05) is 51.1 Å². The Bertz CT molecular complexity index is 921. The molecule has 0 saturated carbocycles. The Morgan fingerprint density at radius 3 is 2.77 bits per heavy atom. The Hall–Kier alpha value is -3.11. The summed E-state index contributed by atoms with van der Waals surface area (Å²) < 4.78 is 68.6. The molecule has 2 aromatic rings. The van der Waals surface area contributed by atoms with E-state index in [9.17, 15) is 22.0 Å². The molecule has 1 aliphatic rings. The summed E-state index contributed by atoms with van der Waals surface area (Å²) in [6, 6.07) is 6.55. The number of nitrogens with one attached hydrogen (secondary N) is 2. The molecule has 0 radical (unpaired) electrons. The summed E-state index contributed by atoms with van der Waals surface area (Å²) in [6.45, 7) is -0.0179. The highest BCUT2D eigenvalue weighted by molar-refractivity contribution is 5.80. The first kappa shape index (κ1) is 22.6. The van der Waals surface area contributed by atoms with Crippen molar-refractivity contribution in [1.29, 1.82) is 0 Å². The van der Waals surface area contributed by atoms with Gasteiger partial charge in [-0.15, -0.1) is 0 Å². The number of aliphatic imine (C=N–C) groups is 1. The summed E-state index contributed by atoms with van der Waals surface area (Å²) in [6.07, 6.45) is -2.35. The van der Waals surface area contributed by atoms with Crippen LogP contribution in [0, 0.1) is 11.6 Å². The third-order valence-corrected chi connectivity index (χ3v) is 4.65. The lowest BCUT2D eigenvalue weighted by Crippen LogP contribution is -2.44. The van der Waals surface area contributed by atoms with E-state index in [1.807, 2.05) is 4.90 Å². The number of ether oxygens (including phenoxy) is 1. The molecule has 0 spiro atoms. The van der Waals surface area contributed by atoms with Crippen molar-refractivity contribution < 1.29 is 26.7 Å². The smallest absolute Gasteiger partial charge is 0.422 e. The van der Waals surface area contributed by atoms with Gasteiger partial charge in [0.05, 0.1) is 5.69 Å². The Morgan fingerprint density at radius 1 is 1.26 bits per heavy atom. The fourth-order valence-corrected chi connectivity index (χ4v) is 3.20. The number of guanidine groups is 1. The molecule has 0 bridgehead atoms. The summed E-state index contributed by atoms with van der Waals surface area (Å²) in [4.78, 5) is 9.73. The molecule has 1 aliphatic heterocycles. The Kier molecular flexibility index (Phi) is 7.13. The molecule has 1 unspecified atom stereocenters. The van der Waals surface area contributed by atoms with Crippen molar-refractivity contribution in [3.8, 4) is 5.88 Å². The molecule has 1 fully saturated rings. The number of hydrogen-bond donors (Lipinski definition) is 2. The predicted octanol–water partition coefficient (Wildman–Crippen LogP) is 3.24. The topological polar surface area (TPSA) is 61.8 Å². The van der Waals surface area contributed by atoms with Crippen LogP contribution in [0.2, 0.25) is 0 Å². The van der Waals surface area contributed by atoms with Gasteiger partial charge in [-0.25, -0.2) is 13.8 Å². The normalized spacial score (nSPS) is 17.0. The minimum Gasteiger partial charge on any atom is -0.468 e. The van der Waals surface area contributed by atoms with Crippen LogP contribution >= 0.6 is 0 Å². The van der Waals surface area contributed by atoms with E-state index in [0.29, 0.717) is 30.3 Å². The first-order valence-electron chi connectivity index (χ1n) is 9.55. The number of hydrogen-bond acceptors (Lipinski definition) is 4. The standard InChI is InChI=1S/C20H22F5N5O/c1-26-19(28-10-13-4-6-27-18(8-13)31-12-20(23,24)25)29-15-5-7-30(11-15)17-3-2-14(21)9-16(17)22/h2-4,6,8-9,15H,5,7,10-12H2,1H3,(H2,26,28,29). The number of rotatable bonds is 6. The molecule has 1 saturated heterocycles. The van der Waals surface area contributed by atoms with Crippen LogP contribution in [-0.4, -0.2) is 49.9 Å². The summed E-state index contributed by atoms with van der Waals surface area (Å²) in [5.41, 5.74) is 1.01. The molecule has 1 atom stereocenters. The minimum atomic E-state index is -4.44. The average molecular weight is 443 g/mol. The molecule has 11 heteroatoms. The zero-order chi connectivity index (χ0) is 22.4. The number of halogens is 5. The lowest BCUT2D eigenvalue weighted by Gasteiger charge is -2.21. The van der Waals surface area contributed by atoms with E-state index in [-0.39, 0.29) is 18.5 Å². The lowest BCUT2D eigenvalue weighted by atomic mass is 10.2. The second kappa shape index (κ2) is 9.80. The number of nitrogens with zero attached hydrogens (tertiary/aromatic N) is 3. The zero-order valence-corrected chi connectivity index (χ0v) is 16.7. The molecule has 2 N–H and O–H groups in total. The molecule has 6 nitrogen and oxygen atoms in total. The number of pyridine rings is 1. The van der Waals surface area contributed by atoms with Gasteiger partial charge in [0.25, 0.3) is 0 Å². The van der Waals surface area contributed by atoms with Crippen LogP contribution < -0.4 is 20.3 Å². The molecule has 1 aromatic carbocycles. The molecule has 3 rings (SSSR count). The molecular formula is C20H22F5N5O. The van der Waals surface area contributed by atoms with E-state index >= 15 is 0 Å².